The number of rotatable bonds is 7. The molecular formula is C11H26NO7+. The van der Waals surface area contributed by atoms with Crippen LogP contribution in [0.15, 0.2) is 0 Å². The van der Waals surface area contributed by atoms with Gasteiger partial charge < -0.3 is 39.9 Å². The molecule has 0 aliphatic heterocycles. The molecule has 116 valence electrons. The molecule has 0 aromatic rings. The highest BCUT2D eigenvalue weighted by Gasteiger charge is 2.29. The average Bonchev–Trinajstić information content (AvgIpc) is 2.34. The van der Waals surface area contributed by atoms with Gasteiger partial charge in [0.15, 0.2) is 6.29 Å². The molecule has 0 spiro atoms. The first-order valence-electron chi connectivity index (χ1n) is 5.80. The second kappa shape index (κ2) is 10.2. The van der Waals surface area contributed by atoms with E-state index < -0.39 is 31.0 Å². The predicted molar refractivity (Wildman–Crippen MR) is 67.2 cm³/mol. The van der Waals surface area contributed by atoms with Gasteiger partial charge in [0.05, 0.1) is 34.4 Å². The van der Waals surface area contributed by atoms with Crippen LogP contribution in [-0.2, 0) is 4.79 Å². The maximum atomic E-state index is 9.90. The maximum Gasteiger partial charge on any atom is 0.151 e. The molecule has 8 heteroatoms. The van der Waals surface area contributed by atoms with Gasteiger partial charge in [-0.3, -0.25) is 0 Å². The summed E-state index contributed by atoms with van der Waals surface area (Å²) in [4.78, 5) is 9.90. The molecule has 0 saturated carbocycles. The number of hydrogen-bond donors (Lipinski definition) is 6. The highest BCUT2D eigenvalue weighted by Crippen LogP contribution is 2.02. The number of quaternary nitrogens is 1. The molecule has 4 atom stereocenters. The minimum atomic E-state index is -1.79. The number of hydrogen-bond acceptors (Lipinski definition) is 7. The molecule has 0 fully saturated rings. The summed E-state index contributed by atoms with van der Waals surface area (Å²) in [5.74, 6) is 0. The topological polar surface area (TPSA) is 138 Å². The molecule has 0 aromatic carbocycles. The van der Waals surface area contributed by atoms with Crippen molar-refractivity contribution in [3.05, 3.63) is 0 Å². The molecule has 0 aliphatic carbocycles. The van der Waals surface area contributed by atoms with Crippen LogP contribution in [0.2, 0.25) is 0 Å². The van der Waals surface area contributed by atoms with E-state index in [2.05, 4.69) is 21.1 Å². The van der Waals surface area contributed by atoms with Gasteiger partial charge >= 0.3 is 0 Å². The summed E-state index contributed by atoms with van der Waals surface area (Å²) < 4.78 is 0.844. The number of aliphatic hydroxyl groups excluding tert-OH is 6. The van der Waals surface area contributed by atoms with Crippen LogP contribution in [0.3, 0.4) is 0 Å². The van der Waals surface area contributed by atoms with Crippen molar-refractivity contribution >= 4 is 6.29 Å². The Hall–Kier alpha value is -0.610. The maximum absolute atomic E-state index is 9.90. The zero-order valence-corrected chi connectivity index (χ0v) is 11.5. The van der Waals surface area contributed by atoms with E-state index in [1.54, 1.807) is 0 Å². The lowest BCUT2D eigenvalue weighted by molar-refractivity contribution is -0.870. The summed E-state index contributed by atoms with van der Waals surface area (Å²) in [7, 11) is 6.16. The summed E-state index contributed by atoms with van der Waals surface area (Å²) in [6, 6.07) is 0. The van der Waals surface area contributed by atoms with Crippen molar-refractivity contribution in [1.82, 2.24) is 0 Å². The standard InChI is InChI=1S/C6H12O6.C5H14NO/c7-1-3(9)5(11)6(12)4(10)2-8;1-6(2,3)4-5-7/h1,3-6,8-12H,2H2;7H,4-5H2,1-3H3/q;+1/t3-,4+,5+,6+;/m0./s1. The molecule has 0 aliphatic rings. The molecule has 0 radical (unpaired) electrons. The van der Waals surface area contributed by atoms with E-state index in [4.69, 9.17) is 30.6 Å². The van der Waals surface area contributed by atoms with Crippen LogP contribution in [0.1, 0.15) is 0 Å². The van der Waals surface area contributed by atoms with E-state index in [0.29, 0.717) is 0 Å². The summed E-state index contributed by atoms with van der Waals surface area (Å²) in [6.07, 6.45) is -6.84. The molecule has 0 saturated heterocycles. The van der Waals surface area contributed by atoms with Gasteiger partial charge in [-0.05, 0) is 0 Å². The first kappa shape index (κ1) is 20.7. The van der Waals surface area contributed by atoms with Crippen molar-refractivity contribution in [3.63, 3.8) is 0 Å². The lowest BCUT2D eigenvalue weighted by atomic mass is 10.0. The van der Waals surface area contributed by atoms with Gasteiger partial charge in [0, 0.05) is 0 Å². The molecule has 0 rings (SSSR count). The van der Waals surface area contributed by atoms with Gasteiger partial charge in [0.25, 0.3) is 0 Å². The van der Waals surface area contributed by atoms with E-state index in [9.17, 15) is 4.79 Å². The number of aliphatic hydroxyl groups is 6. The Morgan fingerprint density at radius 2 is 1.47 bits per heavy atom. The summed E-state index contributed by atoms with van der Waals surface area (Å²) in [5, 5.41) is 51.9. The average molecular weight is 284 g/mol. The van der Waals surface area contributed by atoms with Crippen LogP contribution in [-0.4, -0.2) is 107 Å². The smallest absolute Gasteiger partial charge is 0.151 e. The SMILES string of the molecule is C[N+](C)(C)CCO.O=C[C@H](O)[C@@H](O)[C@H](O)[C@H](O)CO. The molecule has 8 nitrogen and oxygen atoms in total. The Morgan fingerprint density at radius 1 is 1.00 bits per heavy atom. The largest absolute Gasteiger partial charge is 0.394 e. The van der Waals surface area contributed by atoms with Gasteiger partial charge in [0.2, 0.25) is 0 Å². The third kappa shape index (κ3) is 11.0. The van der Waals surface area contributed by atoms with Crippen LogP contribution in [0.5, 0.6) is 0 Å². The molecule has 0 heterocycles. The zero-order chi connectivity index (χ0) is 15.6. The second-order valence-corrected chi connectivity index (χ2v) is 5.10. The predicted octanol–water partition coefficient (Wildman–Crippen LogP) is -3.69. The van der Waals surface area contributed by atoms with Crippen molar-refractivity contribution in [2.24, 2.45) is 0 Å². The Balaban J connectivity index is 0. The quantitative estimate of drug-likeness (QED) is 0.209. The fraction of sp³-hybridized carbons (Fsp3) is 0.909. The van der Waals surface area contributed by atoms with Crippen LogP contribution in [0.4, 0.5) is 0 Å². The van der Waals surface area contributed by atoms with Crippen molar-refractivity contribution in [3.8, 4) is 0 Å². The lowest BCUT2D eigenvalue weighted by Crippen LogP contribution is -2.46. The number of likely N-dealkylation sites (N-methyl/N-ethyl adjacent to an activating group) is 1. The van der Waals surface area contributed by atoms with Crippen molar-refractivity contribution in [1.29, 1.82) is 0 Å². The fourth-order valence-electron chi connectivity index (χ4n) is 0.918. The first-order chi connectivity index (χ1) is 8.60. The fourth-order valence-corrected chi connectivity index (χ4v) is 0.918. The Kier molecular flexibility index (Phi) is 11.1. The minimum Gasteiger partial charge on any atom is -0.394 e. The van der Waals surface area contributed by atoms with Crippen LogP contribution >= 0.6 is 0 Å². The summed E-state index contributed by atoms with van der Waals surface area (Å²) in [5.41, 5.74) is 0. The number of aldehydes is 1. The van der Waals surface area contributed by atoms with Gasteiger partial charge in [-0.2, -0.15) is 0 Å². The molecule has 0 amide bonds. The zero-order valence-electron chi connectivity index (χ0n) is 11.5. The van der Waals surface area contributed by atoms with Crippen LogP contribution in [0, 0.1) is 0 Å². The van der Waals surface area contributed by atoms with Gasteiger partial charge in [-0.1, -0.05) is 0 Å². The molecule has 19 heavy (non-hydrogen) atoms. The number of nitrogens with zero attached hydrogens (tertiary/aromatic N) is 1. The van der Waals surface area contributed by atoms with Gasteiger partial charge in [-0.25, -0.2) is 0 Å². The summed E-state index contributed by atoms with van der Waals surface area (Å²) >= 11 is 0. The molecule has 6 N–H and O–H groups in total. The van der Waals surface area contributed by atoms with Crippen molar-refractivity contribution < 1.29 is 39.9 Å². The van der Waals surface area contributed by atoms with E-state index in [-0.39, 0.29) is 12.9 Å². The van der Waals surface area contributed by atoms with Crippen molar-refractivity contribution in [2.45, 2.75) is 24.4 Å². The minimum absolute atomic E-state index is 0.0258. The van der Waals surface area contributed by atoms with E-state index in [1.807, 2.05) is 0 Å². The summed E-state index contributed by atoms with van der Waals surface area (Å²) in [6.45, 7) is 0.354. The van der Waals surface area contributed by atoms with E-state index in [0.717, 1.165) is 11.0 Å². The first-order valence-corrected chi connectivity index (χ1v) is 5.80. The third-order valence-corrected chi connectivity index (χ3v) is 2.19. The molecule has 0 aromatic heterocycles. The Morgan fingerprint density at radius 3 is 1.68 bits per heavy atom. The van der Waals surface area contributed by atoms with Gasteiger partial charge in [0.1, 0.15) is 31.0 Å². The van der Waals surface area contributed by atoms with Gasteiger partial charge in [-0.15, -0.1) is 0 Å². The molecule has 0 bridgehead atoms. The monoisotopic (exact) mass is 284 g/mol. The normalized spacial score (nSPS) is 17.7. The number of carbonyl (C=O) groups excluding carboxylic acids is 1. The third-order valence-electron chi connectivity index (χ3n) is 2.19. The Labute approximate surface area is 112 Å². The highest BCUT2D eigenvalue weighted by atomic mass is 16.4. The van der Waals surface area contributed by atoms with Crippen LogP contribution in [0.25, 0.3) is 0 Å². The van der Waals surface area contributed by atoms with Crippen molar-refractivity contribution in [2.75, 3.05) is 40.9 Å². The van der Waals surface area contributed by atoms with Crippen LogP contribution < -0.4 is 0 Å². The Bertz CT molecular complexity index is 232. The highest BCUT2D eigenvalue weighted by molar-refractivity contribution is 5.56. The number of carbonyl (C=O) groups is 1. The second-order valence-electron chi connectivity index (χ2n) is 5.10. The lowest BCUT2D eigenvalue weighted by Gasteiger charge is -2.22. The molecule has 0 unspecified atom stereocenters. The molecular weight excluding hydrogens is 258 g/mol. The van der Waals surface area contributed by atoms with E-state index in [1.165, 1.54) is 0 Å². The van der Waals surface area contributed by atoms with E-state index >= 15 is 0 Å².